The van der Waals surface area contributed by atoms with Crippen molar-refractivity contribution in [3.05, 3.63) is 77.5 Å². The van der Waals surface area contributed by atoms with Crippen molar-refractivity contribution in [1.29, 1.82) is 0 Å². The summed E-state index contributed by atoms with van der Waals surface area (Å²) in [6, 6.07) is 17.1. The van der Waals surface area contributed by atoms with Gasteiger partial charge in [0.1, 0.15) is 18.3 Å². The molecule has 0 spiro atoms. The molecule has 0 amide bonds. The van der Waals surface area contributed by atoms with Crippen LogP contribution in [-0.4, -0.2) is 32.0 Å². The third-order valence-electron chi connectivity index (χ3n) is 4.52. The van der Waals surface area contributed by atoms with Gasteiger partial charge in [-0.1, -0.05) is 30.3 Å². The molecule has 0 N–H and O–H groups in total. The van der Waals surface area contributed by atoms with Crippen LogP contribution in [0.5, 0.6) is 11.5 Å². The van der Waals surface area contributed by atoms with Crippen molar-refractivity contribution in [2.24, 2.45) is 0 Å². The quantitative estimate of drug-likeness (QED) is 0.561. The van der Waals surface area contributed by atoms with Crippen LogP contribution in [0.1, 0.15) is 0 Å². The summed E-state index contributed by atoms with van der Waals surface area (Å²) >= 11 is 0. The molecular weight excluding hydrogens is 344 g/mol. The number of hydrogen-bond acceptors (Lipinski definition) is 5. The lowest BCUT2D eigenvalue weighted by molar-refractivity contribution is 0.0777. The molecule has 0 unspecified atom stereocenters. The van der Waals surface area contributed by atoms with Crippen molar-refractivity contribution in [2.45, 2.75) is 12.6 Å². The molecule has 0 radical (unpaired) electrons. The third-order valence-corrected chi connectivity index (χ3v) is 4.52. The number of nitrogens with zero attached hydrogens (tertiary/aromatic N) is 4. The fraction of sp³-hybridized carbons (Fsp3) is 0.150. The number of para-hydroxylation sites is 3. The van der Waals surface area contributed by atoms with E-state index < -0.39 is 0 Å². The van der Waals surface area contributed by atoms with Gasteiger partial charge in [-0.05, 0) is 24.3 Å². The standard InChI is InChI=1S/C20H16N4O3/c25-20-16-10-22-24(14-6-2-1-3-7-14)19(16)21-13-23(20)11-15-12-26-17-8-4-5-9-18(17)27-15/h1-10,13,15H,11-12H2/t15-/m1/s1. The zero-order valence-electron chi connectivity index (χ0n) is 14.4. The molecule has 4 aromatic rings. The van der Waals surface area contributed by atoms with Gasteiger partial charge in [0.2, 0.25) is 0 Å². The van der Waals surface area contributed by atoms with Crippen molar-refractivity contribution in [3.63, 3.8) is 0 Å². The monoisotopic (exact) mass is 360 g/mol. The molecule has 1 aliphatic rings. The molecule has 2 aromatic heterocycles. The largest absolute Gasteiger partial charge is 0.486 e. The summed E-state index contributed by atoms with van der Waals surface area (Å²) in [5.41, 5.74) is 1.25. The molecule has 0 bridgehead atoms. The predicted octanol–water partition coefficient (Wildman–Crippen LogP) is 2.42. The normalized spacial score (nSPS) is 15.8. The zero-order valence-corrected chi connectivity index (χ0v) is 14.4. The van der Waals surface area contributed by atoms with Gasteiger partial charge < -0.3 is 9.47 Å². The highest BCUT2D eigenvalue weighted by atomic mass is 16.6. The maximum absolute atomic E-state index is 12.9. The summed E-state index contributed by atoms with van der Waals surface area (Å²) < 4.78 is 14.9. The molecule has 0 aliphatic carbocycles. The van der Waals surface area contributed by atoms with Crippen LogP contribution < -0.4 is 15.0 Å². The Balaban J connectivity index is 1.46. The average molecular weight is 360 g/mol. The van der Waals surface area contributed by atoms with Gasteiger partial charge in [0, 0.05) is 0 Å². The second kappa shape index (κ2) is 6.28. The van der Waals surface area contributed by atoms with Crippen molar-refractivity contribution >= 4 is 11.0 Å². The minimum atomic E-state index is -0.263. The van der Waals surface area contributed by atoms with E-state index in [4.69, 9.17) is 9.47 Å². The summed E-state index contributed by atoms with van der Waals surface area (Å²) in [4.78, 5) is 17.3. The van der Waals surface area contributed by atoms with E-state index in [1.807, 2.05) is 54.6 Å². The van der Waals surface area contributed by atoms with E-state index in [1.165, 1.54) is 6.33 Å². The van der Waals surface area contributed by atoms with Gasteiger partial charge in [0.25, 0.3) is 5.56 Å². The lowest BCUT2D eigenvalue weighted by Gasteiger charge is -2.26. The summed E-state index contributed by atoms with van der Waals surface area (Å²) in [7, 11) is 0. The number of rotatable bonds is 3. The first-order valence-corrected chi connectivity index (χ1v) is 8.67. The van der Waals surface area contributed by atoms with Crippen LogP contribution in [0.2, 0.25) is 0 Å². The number of fused-ring (bicyclic) bond motifs is 2. The van der Waals surface area contributed by atoms with E-state index >= 15 is 0 Å². The fourth-order valence-corrected chi connectivity index (χ4v) is 3.21. The van der Waals surface area contributed by atoms with Gasteiger partial charge >= 0.3 is 0 Å². The van der Waals surface area contributed by atoms with Gasteiger partial charge in [-0.25, -0.2) is 9.67 Å². The molecule has 3 heterocycles. The number of benzene rings is 2. The van der Waals surface area contributed by atoms with E-state index in [0.717, 1.165) is 11.4 Å². The average Bonchev–Trinajstić information content (AvgIpc) is 3.15. The summed E-state index contributed by atoms with van der Waals surface area (Å²) in [6.45, 7) is 0.734. The number of hydrogen-bond donors (Lipinski definition) is 0. The lowest BCUT2D eigenvalue weighted by atomic mass is 10.2. The second-order valence-electron chi connectivity index (χ2n) is 6.33. The maximum Gasteiger partial charge on any atom is 0.264 e. The summed E-state index contributed by atoms with van der Waals surface area (Å²) in [6.07, 6.45) is 2.83. The fourth-order valence-electron chi connectivity index (χ4n) is 3.21. The highest BCUT2D eigenvalue weighted by Gasteiger charge is 2.22. The smallest absolute Gasteiger partial charge is 0.264 e. The molecule has 7 nitrogen and oxygen atoms in total. The minimum absolute atomic E-state index is 0.148. The molecule has 7 heteroatoms. The van der Waals surface area contributed by atoms with E-state index in [2.05, 4.69) is 10.1 Å². The molecule has 27 heavy (non-hydrogen) atoms. The number of aromatic nitrogens is 4. The highest BCUT2D eigenvalue weighted by Crippen LogP contribution is 2.31. The van der Waals surface area contributed by atoms with E-state index in [-0.39, 0.29) is 11.7 Å². The van der Waals surface area contributed by atoms with Crippen LogP contribution in [0.25, 0.3) is 16.7 Å². The Kier molecular flexibility index (Phi) is 3.64. The van der Waals surface area contributed by atoms with Gasteiger partial charge in [-0.15, -0.1) is 0 Å². The topological polar surface area (TPSA) is 71.2 Å². The van der Waals surface area contributed by atoms with E-state index in [0.29, 0.717) is 29.9 Å². The molecular formula is C20H16N4O3. The molecule has 0 saturated heterocycles. The van der Waals surface area contributed by atoms with Crippen LogP contribution in [-0.2, 0) is 6.54 Å². The first kappa shape index (κ1) is 15.6. The molecule has 0 fully saturated rings. The molecule has 5 rings (SSSR count). The highest BCUT2D eigenvalue weighted by molar-refractivity contribution is 5.74. The predicted molar refractivity (Wildman–Crippen MR) is 99.5 cm³/mol. The molecule has 1 atom stereocenters. The van der Waals surface area contributed by atoms with E-state index in [9.17, 15) is 4.79 Å². The molecule has 134 valence electrons. The Hall–Kier alpha value is -3.61. The van der Waals surface area contributed by atoms with Gasteiger partial charge in [0.05, 0.1) is 18.4 Å². The maximum atomic E-state index is 12.9. The van der Waals surface area contributed by atoms with Crippen LogP contribution in [0, 0.1) is 0 Å². The van der Waals surface area contributed by atoms with Crippen molar-refractivity contribution in [2.75, 3.05) is 6.61 Å². The van der Waals surface area contributed by atoms with Crippen LogP contribution >= 0.6 is 0 Å². The van der Waals surface area contributed by atoms with Gasteiger partial charge in [-0.2, -0.15) is 5.10 Å². The third kappa shape index (κ3) is 2.73. The molecule has 0 saturated carbocycles. The minimum Gasteiger partial charge on any atom is -0.486 e. The van der Waals surface area contributed by atoms with Gasteiger partial charge in [0.15, 0.2) is 23.3 Å². The van der Waals surface area contributed by atoms with Gasteiger partial charge in [-0.3, -0.25) is 9.36 Å². The Bertz CT molecular complexity index is 1170. The SMILES string of the molecule is O=c1c2cnn(-c3ccccc3)c2ncn1C[C@@H]1COc2ccccc2O1. The first-order valence-electron chi connectivity index (χ1n) is 8.67. The lowest BCUT2D eigenvalue weighted by Crippen LogP contribution is -2.36. The Morgan fingerprint density at radius 1 is 1.04 bits per heavy atom. The number of ether oxygens (including phenoxy) is 2. The van der Waals surface area contributed by atoms with Crippen LogP contribution in [0.15, 0.2) is 71.9 Å². The second-order valence-corrected chi connectivity index (χ2v) is 6.33. The summed E-state index contributed by atoms with van der Waals surface area (Å²) in [5.74, 6) is 1.41. The Morgan fingerprint density at radius 2 is 1.81 bits per heavy atom. The van der Waals surface area contributed by atoms with Crippen molar-refractivity contribution in [3.8, 4) is 17.2 Å². The van der Waals surface area contributed by atoms with Crippen LogP contribution in [0.4, 0.5) is 0 Å². The van der Waals surface area contributed by atoms with Crippen molar-refractivity contribution in [1.82, 2.24) is 19.3 Å². The zero-order chi connectivity index (χ0) is 18.2. The first-order chi connectivity index (χ1) is 13.3. The van der Waals surface area contributed by atoms with Crippen LogP contribution in [0.3, 0.4) is 0 Å². The Morgan fingerprint density at radius 3 is 2.67 bits per heavy atom. The van der Waals surface area contributed by atoms with E-state index in [1.54, 1.807) is 15.4 Å². The summed E-state index contributed by atoms with van der Waals surface area (Å²) in [5, 5.41) is 4.80. The Labute approximate surface area is 154 Å². The molecule has 1 aliphatic heterocycles. The van der Waals surface area contributed by atoms with Crippen molar-refractivity contribution < 1.29 is 9.47 Å². The molecule has 2 aromatic carbocycles.